The van der Waals surface area contributed by atoms with Gasteiger partial charge in [-0.3, -0.25) is 0 Å². The van der Waals surface area contributed by atoms with Gasteiger partial charge >= 0.3 is 0 Å². The number of hydrogen-bond donors (Lipinski definition) is 0. The van der Waals surface area contributed by atoms with Crippen LogP contribution in [-0.2, 0) is 12.8 Å². The van der Waals surface area contributed by atoms with Gasteiger partial charge < -0.3 is 18.9 Å². The summed E-state index contributed by atoms with van der Waals surface area (Å²) in [6.07, 6.45) is 10.3. The molecular weight excluding hydrogens is 478 g/mol. The van der Waals surface area contributed by atoms with E-state index in [1.54, 1.807) is 27.5 Å². The average Bonchev–Trinajstić information content (AvgIpc) is 3.43. The molecule has 0 spiro atoms. The van der Waals surface area contributed by atoms with E-state index in [0.717, 1.165) is 89.7 Å². The molecule has 2 aromatic heterocycles. The molecule has 7 nitrogen and oxygen atoms in total. The van der Waals surface area contributed by atoms with Gasteiger partial charge in [0.1, 0.15) is 23.0 Å². The van der Waals surface area contributed by atoms with E-state index in [-0.39, 0.29) is 0 Å². The monoisotopic (exact) mass is 517 g/mol. The molecule has 7 heteroatoms. The fourth-order valence-corrected chi connectivity index (χ4v) is 4.67. The minimum atomic E-state index is 0.677. The predicted octanol–water partition coefficient (Wildman–Crippen LogP) is 6.95. The molecule has 38 heavy (non-hydrogen) atoms. The van der Waals surface area contributed by atoms with Crippen molar-refractivity contribution < 1.29 is 18.9 Å². The van der Waals surface area contributed by atoms with E-state index in [9.17, 15) is 0 Å². The molecule has 202 valence electrons. The van der Waals surface area contributed by atoms with Crippen molar-refractivity contribution in [3.8, 4) is 34.3 Å². The average molecular weight is 518 g/mol. The molecule has 0 aliphatic heterocycles. The summed E-state index contributed by atoms with van der Waals surface area (Å²) in [6.45, 7) is 2.90. The lowest BCUT2D eigenvalue weighted by Crippen LogP contribution is -2.01. The van der Waals surface area contributed by atoms with Crippen LogP contribution in [0.15, 0.2) is 54.7 Å². The summed E-state index contributed by atoms with van der Waals surface area (Å²) < 4.78 is 24.4. The maximum absolute atomic E-state index is 6.03. The molecule has 2 heterocycles. The van der Waals surface area contributed by atoms with Crippen LogP contribution in [0.3, 0.4) is 0 Å². The number of aryl methyl sites for hydroxylation is 1. The summed E-state index contributed by atoms with van der Waals surface area (Å²) in [7, 11) is 5.00. The first-order valence-corrected chi connectivity index (χ1v) is 13.5. The van der Waals surface area contributed by atoms with E-state index in [4.69, 9.17) is 23.9 Å². The van der Waals surface area contributed by atoms with Crippen molar-refractivity contribution in [2.75, 3.05) is 27.9 Å². The van der Waals surface area contributed by atoms with Gasteiger partial charge in [0.05, 0.1) is 39.8 Å². The molecule has 0 saturated carbocycles. The topological polar surface area (TPSA) is 67.1 Å². The minimum absolute atomic E-state index is 0.677. The Kier molecular flexibility index (Phi) is 9.84. The molecule has 0 saturated heterocycles. The molecule has 0 aliphatic rings. The predicted molar refractivity (Wildman–Crippen MR) is 151 cm³/mol. The van der Waals surface area contributed by atoms with Crippen LogP contribution in [0.25, 0.3) is 16.9 Å². The Bertz CT molecular complexity index is 1280. The SMILES string of the molecule is CCCCCc1cc(-c2ccc(OCCCCCc3c(OC)cc(OC)cc3OC)cc2)n2nccc2n1. The number of rotatable bonds is 15. The molecule has 4 aromatic rings. The van der Waals surface area contributed by atoms with Gasteiger partial charge in [-0.05, 0) is 68.9 Å². The van der Waals surface area contributed by atoms with Gasteiger partial charge in [-0.1, -0.05) is 19.8 Å². The van der Waals surface area contributed by atoms with Crippen molar-refractivity contribution >= 4 is 5.65 Å². The number of hydrogen-bond acceptors (Lipinski definition) is 6. The third-order valence-electron chi connectivity index (χ3n) is 6.76. The maximum atomic E-state index is 6.03. The first-order valence-electron chi connectivity index (χ1n) is 13.5. The van der Waals surface area contributed by atoms with Crippen LogP contribution in [0.5, 0.6) is 23.0 Å². The smallest absolute Gasteiger partial charge is 0.155 e. The molecule has 2 aromatic carbocycles. The fourth-order valence-electron chi connectivity index (χ4n) is 4.67. The Morgan fingerprint density at radius 1 is 0.737 bits per heavy atom. The van der Waals surface area contributed by atoms with Gasteiger partial charge in [-0.15, -0.1) is 0 Å². The maximum Gasteiger partial charge on any atom is 0.155 e. The van der Waals surface area contributed by atoms with Gasteiger partial charge in [-0.25, -0.2) is 9.50 Å². The van der Waals surface area contributed by atoms with E-state index in [1.165, 1.54) is 12.8 Å². The molecule has 0 unspecified atom stereocenters. The number of ether oxygens (including phenoxy) is 4. The highest BCUT2D eigenvalue weighted by molar-refractivity contribution is 5.64. The van der Waals surface area contributed by atoms with Crippen LogP contribution >= 0.6 is 0 Å². The zero-order valence-corrected chi connectivity index (χ0v) is 23.0. The quantitative estimate of drug-likeness (QED) is 0.159. The Morgan fingerprint density at radius 3 is 2.16 bits per heavy atom. The van der Waals surface area contributed by atoms with Gasteiger partial charge in [-0.2, -0.15) is 5.10 Å². The minimum Gasteiger partial charge on any atom is -0.496 e. The van der Waals surface area contributed by atoms with E-state index >= 15 is 0 Å². The number of unbranched alkanes of at least 4 members (excludes halogenated alkanes) is 4. The second kappa shape index (κ2) is 13.7. The van der Waals surface area contributed by atoms with Crippen molar-refractivity contribution in [1.29, 1.82) is 0 Å². The Balaban J connectivity index is 1.29. The number of aromatic nitrogens is 3. The zero-order valence-electron chi connectivity index (χ0n) is 23.0. The van der Waals surface area contributed by atoms with Crippen LogP contribution in [0.2, 0.25) is 0 Å². The molecule has 0 atom stereocenters. The Hall–Kier alpha value is -3.74. The summed E-state index contributed by atoms with van der Waals surface area (Å²) in [5, 5.41) is 4.49. The standard InChI is InChI=1S/C31H39N3O4/c1-5-6-8-11-24-20-28(34-31(33-24)17-18-32-34)23-13-15-25(16-14-23)38-19-10-7-9-12-27-29(36-3)21-26(35-2)22-30(27)37-4/h13-18,20-22H,5-12,19H2,1-4H3. The molecule has 4 rings (SSSR count). The van der Waals surface area contributed by atoms with Gasteiger partial charge in [0.2, 0.25) is 0 Å². The number of fused-ring (bicyclic) bond motifs is 1. The van der Waals surface area contributed by atoms with Crippen LogP contribution in [-0.4, -0.2) is 42.5 Å². The highest BCUT2D eigenvalue weighted by Gasteiger charge is 2.13. The van der Waals surface area contributed by atoms with Crippen molar-refractivity contribution in [2.45, 2.75) is 58.3 Å². The highest BCUT2D eigenvalue weighted by atomic mass is 16.5. The molecular formula is C31H39N3O4. The van der Waals surface area contributed by atoms with E-state index in [0.29, 0.717) is 6.61 Å². The van der Waals surface area contributed by atoms with Crippen LogP contribution in [0, 0.1) is 0 Å². The van der Waals surface area contributed by atoms with E-state index < -0.39 is 0 Å². The number of nitrogens with zero attached hydrogens (tertiary/aromatic N) is 3. The summed E-state index contributed by atoms with van der Waals surface area (Å²) in [6, 6.07) is 16.2. The van der Waals surface area contributed by atoms with Gasteiger partial charge in [0.15, 0.2) is 5.65 Å². The Morgan fingerprint density at radius 2 is 1.47 bits per heavy atom. The summed E-state index contributed by atoms with van der Waals surface area (Å²) in [5.74, 6) is 3.20. The lowest BCUT2D eigenvalue weighted by atomic mass is 10.0. The lowest BCUT2D eigenvalue weighted by Gasteiger charge is -2.15. The largest absolute Gasteiger partial charge is 0.496 e. The second-order valence-corrected chi connectivity index (χ2v) is 9.39. The Labute approximate surface area is 225 Å². The number of methoxy groups -OCH3 is 3. The molecule has 0 aliphatic carbocycles. The van der Waals surface area contributed by atoms with Gasteiger partial charge in [0.25, 0.3) is 0 Å². The number of benzene rings is 2. The third-order valence-corrected chi connectivity index (χ3v) is 6.76. The molecule has 0 N–H and O–H groups in total. The molecule has 0 amide bonds. The van der Waals surface area contributed by atoms with Crippen LogP contribution in [0.4, 0.5) is 0 Å². The zero-order chi connectivity index (χ0) is 26.7. The fraction of sp³-hybridized carbons (Fsp3) is 0.419. The summed E-state index contributed by atoms with van der Waals surface area (Å²) >= 11 is 0. The third kappa shape index (κ3) is 6.77. The van der Waals surface area contributed by atoms with Crippen molar-refractivity contribution in [2.24, 2.45) is 0 Å². The lowest BCUT2D eigenvalue weighted by molar-refractivity contribution is 0.305. The molecule has 0 radical (unpaired) electrons. The first-order chi connectivity index (χ1) is 18.7. The van der Waals surface area contributed by atoms with Crippen LogP contribution < -0.4 is 18.9 Å². The van der Waals surface area contributed by atoms with Crippen LogP contribution in [0.1, 0.15) is 56.7 Å². The summed E-state index contributed by atoms with van der Waals surface area (Å²) in [4.78, 5) is 4.78. The van der Waals surface area contributed by atoms with E-state index in [1.807, 2.05) is 34.8 Å². The van der Waals surface area contributed by atoms with Crippen molar-refractivity contribution in [3.05, 3.63) is 66.0 Å². The second-order valence-electron chi connectivity index (χ2n) is 9.39. The summed E-state index contributed by atoms with van der Waals surface area (Å²) in [5.41, 5.74) is 5.24. The molecule has 0 bridgehead atoms. The van der Waals surface area contributed by atoms with Crippen molar-refractivity contribution in [1.82, 2.24) is 14.6 Å². The van der Waals surface area contributed by atoms with E-state index in [2.05, 4.69) is 30.2 Å². The van der Waals surface area contributed by atoms with Gasteiger partial charge in [0, 0.05) is 35.0 Å². The normalized spacial score (nSPS) is 11.1. The first kappa shape index (κ1) is 27.3. The van der Waals surface area contributed by atoms with Crippen molar-refractivity contribution in [3.63, 3.8) is 0 Å². The molecule has 0 fully saturated rings. The highest BCUT2D eigenvalue weighted by Crippen LogP contribution is 2.35.